The van der Waals surface area contributed by atoms with Crippen LogP contribution >= 0.6 is 0 Å². The van der Waals surface area contributed by atoms with Crippen molar-refractivity contribution >= 4 is 0 Å². The Balaban J connectivity index is 1.55. The molecule has 0 N–H and O–H groups in total. The summed E-state index contributed by atoms with van der Waals surface area (Å²) in [5, 5.41) is 4.16. The minimum atomic E-state index is -0.0754. The third kappa shape index (κ3) is 4.47. The molecule has 3 rings (SSSR count). The lowest BCUT2D eigenvalue weighted by atomic mass is 9.96. The van der Waals surface area contributed by atoms with Crippen molar-refractivity contribution in [2.45, 2.75) is 52.6 Å². The Kier molecular flexibility index (Phi) is 5.25. The molecule has 136 valence electrons. The third-order valence-electron chi connectivity index (χ3n) is 4.91. The molecule has 1 aliphatic heterocycles. The lowest BCUT2D eigenvalue weighted by Crippen LogP contribution is -2.46. The summed E-state index contributed by atoms with van der Waals surface area (Å²) >= 11 is 0. The predicted molar refractivity (Wildman–Crippen MR) is 99.4 cm³/mol. The van der Waals surface area contributed by atoms with Gasteiger partial charge in [-0.05, 0) is 19.4 Å². The normalized spacial score (nSPS) is 18.4. The Morgan fingerprint density at radius 2 is 1.88 bits per heavy atom. The van der Waals surface area contributed by atoms with Crippen LogP contribution in [0.2, 0.25) is 0 Å². The number of rotatable bonds is 4. The lowest BCUT2D eigenvalue weighted by Gasteiger charge is -2.36. The van der Waals surface area contributed by atoms with Crippen molar-refractivity contribution in [2.24, 2.45) is 0 Å². The fourth-order valence-corrected chi connectivity index (χ4v) is 3.24. The first-order valence-electron chi connectivity index (χ1n) is 9.19. The van der Waals surface area contributed by atoms with Crippen molar-refractivity contribution in [3.05, 3.63) is 47.1 Å². The summed E-state index contributed by atoms with van der Waals surface area (Å²) in [4.78, 5) is 9.58. The Morgan fingerprint density at radius 1 is 1.16 bits per heavy atom. The zero-order chi connectivity index (χ0) is 18.0. The van der Waals surface area contributed by atoms with Gasteiger partial charge in [-0.1, -0.05) is 55.8 Å². The molecule has 1 unspecified atom stereocenters. The van der Waals surface area contributed by atoms with Crippen molar-refractivity contribution in [3.63, 3.8) is 0 Å². The minimum absolute atomic E-state index is 0.0754. The van der Waals surface area contributed by atoms with E-state index in [1.807, 2.05) is 0 Å². The topological polar surface area (TPSA) is 45.4 Å². The first-order valence-corrected chi connectivity index (χ1v) is 9.19. The van der Waals surface area contributed by atoms with Crippen molar-refractivity contribution in [1.29, 1.82) is 0 Å². The van der Waals surface area contributed by atoms with Gasteiger partial charge in [0.1, 0.15) is 0 Å². The van der Waals surface area contributed by atoms with Gasteiger partial charge in [-0.2, -0.15) is 4.98 Å². The van der Waals surface area contributed by atoms with E-state index in [0.29, 0.717) is 0 Å². The largest absolute Gasteiger partial charge is 0.338 e. The summed E-state index contributed by atoms with van der Waals surface area (Å²) < 4.78 is 5.53. The Hall–Kier alpha value is -1.72. The molecular formula is C20H30N4O. The highest BCUT2D eigenvalue weighted by atomic mass is 16.5. The number of hydrogen-bond donors (Lipinski definition) is 0. The summed E-state index contributed by atoms with van der Waals surface area (Å²) in [6.07, 6.45) is 0. The average molecular weight is 342 g/mol. The van der Waals surface area contributed by atoms with E-state index < -0.39 is 0 Å². The number of aryl methyl sites for hydroxylation is 1. The van der Waals surface area contributed by atoms with E-state index >= 15 is 0 Å². The number of hydrogen-bond acceptors (Lipinski definition) is 5. The molecule has 1 aliphatic rings. The van der Waals surface area contributed by atoms with Crippen LogP contribution in [0.15, 0.2) is 28.8 Å². The lowest BCUT2D eigenvalue weighted by molar-refractivity contribution is 0.0845. The molecule has 1 atom stereocenters. The van der Waals surface area contributed by atoms with E-state index in [2.05, 4.69) is 78.8 Å². The van der Waals surface area contributed by atoms with E-state index in [4.69, 9.17) is 4.52 Å². The molecule has 0 amide bonds. The highest BCUT2D eigenvalue weighted by Gasteiger charge is 2.28. The van der Waals surface area contributed by atoms with Crippen molar-refractivity contribution in [1.82, 2.24) is 19.9 Å². The summed E-state index contributed by atoms with van der Waals surface area (Å²) in [6, 6.07) is 8.96. The molecule has 0 radical (unpaired) electrons. The maximum atomic E-state index is 5.53. The monoisotopic (exact) mass is 342 g/mol. The van der Waals surface area contributed by atoms with Gasteiger partial charge in [0, 0.05) is 38.1 Å². The van der Waals surface area contributed by atoms with Gasteiger partial charge in [0.25, 0.3) is 0 Å². The quantitative estimate of drug-likeness (QED) is 0.850. The highest BCUT2D eigenvalue weighted by Crippen LogP contribution is 2.24. The van der Waals surface area contributed by atoms with Gasteiger partial charge in [-0.15, -0.1) is 0 Å². The highest BCUT2D eigenvalue weighted by molar-refractivity contribution is 5.22. The van der Waals surface area contributed by atoms with E-state index in [9.17, 15) is 0 Å². The fourth-order valence-electron chi connectivity index (χ4n) is 3.24. The van der Waals surface area contributed by atoms with Crippen molar-refractivity contribution < 1.29 is 4.52 Å². The van der Waals surface area contributed by atoms with Crippen LogP contribution in [-0.4, -0.2) is 46.1 Å². The molecule has 1 saturated heterocycles. The van der Waals surface area contributed by atoms with E-state index in [1.54, 1.807) is 0 Å². The minimum Gasteiger partial charge on any atom is -0.338 e. The van der Waals surface area contributed by atoms with Gasteiger partial charge < -0.3 is 4.52 Å². The van der Waals surface area contributed by atoms with Gasteiger partial charge >= 0.3 is 0 Å². The second kappa shape index (κ2) is 7.26. The molecule has 0 saturated carbocycles. The van der Waals surface area contributed by atoms with Crippen LogP contribution in [0.4, 0.5) is 0 Å². The second-order valence-electron chi connectivity index (χ2n) is 8.18. The number of piperazine rings is 1. The van der Waals surface area contributed by atoms with Crippen LogP contribution in [-0.2, 0) is 12.0 Å². The van der Waals surface area contributed by atoms with Crippen LogP contribution < -0.4 is 0 Å². The molecule has 1 aromatic carbocycles. The first-order chi connectivity index (χ1) is 11.8. The van der Waals surface area contributed by atoms with Gasteiger partial charge in [0.15, 0.2) is 5.82 Å². The Bertz CT molecular complexity index is 696. The molecule has 1 aromatic heterocycles. The van der Waals surface area contributed by atoms with Crippen LogP contribution in [0.1, 0.15) is 56.6 Å². The smallest absolute Gasteiger partial charge is 0.243 e. The van der Waals surface area contributed by atoms with Crippen LogP contribution in [0.25, 0.3) is 0 Å². The molecule has 0 aliphatic carbocycles. The molecule has 5 nitrogen and oxygen atoms in total. The summed E-state index contributed by atoms with van der Waals surface area (Å²) in [6.45, 7) is 15.9. The Morgan fingerprint density at radius 3 is 2.48 bits per heavy atom. The fraction of sp³-hybridized carbons (Fsp3) is 0.600. The van der Waals surface area contributed by atoms with E-state index in [1.165, 1.54) is 11.1 Å². The molecule has 0 spiro atoms. The molecule has 5 heteroatoms. The van der Waals surface area contributed by atoms with Crippen molar-refractivity contribution in [2.75, 3.05) is 26.2 Å². The molecule has 2 aromatic rings. The SMILES string of the molecule is Cc1cccc(CN2CCN(C(C)c3nc(C(C)(C)C)no3)CC2)c1. The number of nitrogens with zero attached hydrogens (tertiary/aromatic N) is 4. The molecular weight excluding hydrogens is 312 g/mol. The van der Waals surface area contributed by atoms with Crippen molar-refractivity contribution in [3.8, 4) is 0 Å². The van der Waals surface area contributed by atoms with Gasteiger partial charge in [-0.25, -0.2) is 0 Å². The van der Waals surface area contributed by atoms with Gasteiger partial charge in [0.2, 0.25) is 5.89 Å². The van der Waals surface area contributed by atoms with E-state index in [0.717, 1.165) is 44.4 Å². The van der Waals surface area contributed by atoms with Crippen LogP contribution in [0.5, 0.6) is 0 Å². The summed E-state index contributed by atoms with van der Waals surface area (Å²) in [5.74, 6) is 1.52. The summed E-state index contributed by atoms with van der Waals surface area (Å²) in [5.41, 5.74) is 2.65. The zero-order valence-corrected chi connectivity index (χ0v) is 16.1. The molecule has 25 heavy (non-hydrogen) atoms. The molecule has 0 bridgehead atoms. The number of benzene rings is 1. The first kappa shape index (κ1) is 18.1. The average Bonchev–Trinajstić information content (AvgIpc) is 3.05. The third-order valence-corrected chi connectivity index (χ3v) is 4.91. The Labute approximate surface area is 151 Å². The molecule has 1 fully saturated rings. The van der Waals surface area contributed by atoms with Gasteiger partial charge in [0.05, 0.1) is 6.04 Å². The summed E-state index contributed by atoms with van der Waals surface area (Å²) in [7, 11) is 0. The molecule has 2 heterocycles. The second-order valence-corrected chi connectivity index (χ2v) is 8.18. The standard InChI is InChI=1S/C20H30N4O/c1-15-7-6-8-17(13-15)14-23-9-11-24(12-10-23)16(2)18-21-19(22-25-18)20(3,4)5/h6-8,13,16H,9-12,14H2,1-5H3. The zero-order valence-electron chi connectivity index (χ0n) is 16.1. The van der Waals surface area contributed by atoms with Crippen LogP contribution in [0, 0.1) is 6.92 Å². The maximum absolute atomic E-state index is 5.53. The maximum Gasteiger partial charge on any atom is 0.243 e. The predicted octanol–water partition coefficient (Wildman–Crippen LogP) is 3.55. The van der Waals surface area contributed by atoms with Gasteiger partial charge in [-0.3, -0.25) is 9.80 Å². The van der Waals surface area contributed by atoms with Crippen LogP contribution in [0.3, 0.4) is 0 Å². The van der Waals surface area contributed by atoms with E-state index in [-0.39, 0.29) is 11.5 Å². The number of aromatic nitrogens is 2.